The molecule has 4 heteroatoms. The fourth-order valence-corrected chi connectivity index (χ4v) is 4.38. The number of fused-ring (bicyclic) bond motifs is 1. The first-order chi connectivity index (χ1) is 15.3. The molecule has 0 atom stereocenters. The highest BCUT2D eigenvalue weighted by Gasteiger charge is 2.29. The summed E-state index contributed by atoms with van der Waals surface area (Å²) in [6, 6.07) is 12.9. The predicted octanol–water partition coefficient (Wildman–Crippen LogP) is 6.05. The first-order valence-corrected chi connectivity index (χ1v) is 11.0. The van der Waals surface area contributed by atoms with Gasteiger partial charge in [-0.1, -0.05) is 36.4 Å². The van der Waals surface area contributed by atoms with Crippen molar-refractivity contribution in [2.24, 2.45) is 0 Å². The second-order valence-corrected chi connectivity index (χ2v) is 8.56. The summed E-state index contributed by atoms with van der Waals surface area (Å²) >= 11 is 0. The smallest absolute Gasteiger partial charge is 0.310 e. The third-order valence-corrected chi connectivity index (χ3v) is 6.48. The van der Waals surface area contributed by atoms with Gasteiger partial charge in [0.1, 0.15) is 13.2 Å². The van der Waals surface area contributed by atoms with Crippen molar-refractivity contribution in [1.82, 2.24) is 0 Å². The van der Waals surface area contributed by atoms with E-state index in [0.717, 1.165) is 33.4 Å². The molecule has 0 aromatic heterocycles. The van der Waals surface area contributed by atoms with Gasteiger partial charge in [0, 0.05) is 11.1 Å². The third-order valence-electron chi connectivity index (χ3n) is 6.48. The number of aryl methyl sites for hydroxylation is 4. The van der Waals surface area contributed by atoms with Crippen LogP contribution in [0.4, 0.5) is 0 Å². The molecule has 0 aliphatic carbocycles. The fraction of sp³-hybridized carbons (Fsp3) is 0.321. The first-order valence-electron chi connectivity index (χ1n) is 11.0. The molecular formula is C28H30O4. The summed E-state index contributed by atoms with van der Waals surface area (Å²) in [7, 11) is 1.41. The molecule has 1 heterocycles. The van der Waals surface area contributed by atoms with Gasteiger partial charge in [0.2, 0.25) is 0 Å². The lowest BCUT2D eigenvalue weighted by Crippen LogP contribution is -2.20. The van der Waals surface area contributed by atoms with Crippen LogP contribution in [0.2, 0.25) is 0 Å². The topological polar surface area (TPSA) is 44.8 Å². The van der Waals surface area contributed by atoms with Gasteiger partial charge in [-0.25, -0.2) is 0 Å². The van der Waals surface area contributed by atoms with Gasteiger partial charge in [-0.3, -0.25) is 4.79 Å². The summed E-state index contributed by atoms with van der Waals surface area (Å²) in [5, 5.41) is 0. The van der Waals surface area contributed by atoms with Crippen LogP contribution < -0.4 is 9.47 Å². The average molecular weight is 431 g/mol. The lowest BCUT2D eigenvalue weighted by Gasteiger charge is -2.28. The van der Waals surface area contributed by atoms with Gasteiger partial charge in [-0.05, 0) is 79.1 Å². The monoisotopic (exact) mass is 430 g/mol. The Morgan fingerprint density at radius 1 is 0.781 bits per heavy atom. The second kappa shape index (κ2) is 8.70. The Morgan fingerprint density at radius 3 is 1.84 bits per heavy atom. The highest BCUT2D eigenvalue weighted by molar-refractivity contribution is 5.91. The zero-order valence-corrected chi connectivity index (χ0v) is 19.7. The molecule has 1 aliphatic rings. The van der Waals surface area contributed by atoms with E-state index in [1.54, 1.807) is 0 Å². The van der Waals surface area contributed by atoms with Gasteiger partial charge in [-0.2, -0.15) is 0 Å². The van der Waals surface area contributed by atoms with Crippen molar-refractivity contribution in [3.05, 3.63) is 69.8 Å². The Hall–Kier alpha value is -3.27. The molecule has 4 nitrogen and oxygen atoms in total. The van der Waals surface area contributed by atoms with E-state index in [9.17, 15) is 4.79 Å². The molecular weight excluding hydrogens is 400 g/mol. The minimum Gasteiger partial charge on any atom is -0.486 e. The number of hydrogen-bond acceptors (Lipinski definition) is 4. The summed E-state index contributed by atoms with van der Waals surface area (Å²) in [5.74, 6) is 1.06. The zero-order valence-electron chi connectivity index (χ0n) is 19.7. The quantitative estimate of drug-likeness (QED) is 0.473. The molecule has 0 unspecified atom stereocenters. The minimum atomic E-state index is -0.301. The summed E-state index contributed by atoms with van der Waals surface area (Å²) in [6.45, 7) is 11.5. The van der Waals surface area contributed by atoms with Gasteiger partial charge in [-0.15, -0.1) is 0 Å². The van der Waals surface area contributed by atoms with Crippen LogP contribution >= 0.6 is 0 Å². The van der Waals surface area contributed by atoms with E-state index >= 15 is 0 Å². The number of benzene rings is 3. The molecule has 0 saturated carbocycles. The normalized spacial score (nSPS) is 12.6. The van der Waals surface area contributed by atoms with Crippen molar-refractivity contribution in [1.29, 1.82) is 0 Å². The molecule has 166 valence electrons. The van der Waals surface area contributed by atoms with E-state index in [0.29, 0.717) is 24.7 Å². The molecule has 32 heavy (non-hydrogen) atoms. The summed E-state index contributed by atoms with van der Waals surface area (Å²) < 4.78 is 17.4. The van der Waals surface area contributed by atoms with E-state index in [2.05, 4.69) is 71.0 Å². The average Bonchev–Trinajstić information content (AvgIpc) is 2.78. The van der Waals surface area contributed by atoms with Gasteiger partial charge >= 0.3 is 5.97 Å². The number of esters is 1. The molecule has 1 aliphatic heterocycles. The highest BCUT2D eigenvalue weighted by atomic mass is 16.6. The number of rotatable bonds is 4. The maximum Gasteiger partial charge on any atom is 0.310 e. The molecule has 3 aromatic rings. The first kappa shape index (κ1) is 21.9. The Balaban J connectivity index is 2.08. The second-order valence-electron chi connectivity index (χ2n) is 8.56. The molecule has 4 rings (SSSR count). The molecule has 3 aromatic carbocycles. The van der Waals surface area contributed by atoms with E-state index in [1.807, 2.05) is 0 Å². The number of ether oxygens (including phenoxy) is 3. The van der Waals surface area contributed by atoms with Gasteiger partial charge in [0.25, 0.3) is 0 Å². The standard InChI is InChI=1S/C28H30O4/c1-16-7-9-21(13-18(16)3)25-20(5)26(22-10-8-17(2)19(4)14-22)28-27(31-11-12-32-28)23(25)15-24(29)30-6/h7-10,13-14H,11-12,15H2,1-6H3. The van der Waals surface area contributed by atoms with Crippen molar-refractivity contribution < 1.29 is 19.0 Å². The molecule has 0 saturated heterocycles. The highest BCUT2D eigenvalue weighted by Crippen LogP contribution is 2.50. The van der Waals surface area contributed by atoms with Crippen LogP contribution in [0.1, 0.15) is 33.4 Å². The zero-order chi connectivity index (χ0) is 23.0. The Labute approximate surface area is 190 Å². The van der Waals surface area contributed by atoms with Crippen LogP contribution in [0.3, 0.4) is 0 Å². The van der Waals surface area contributed by atoms with Crippen molar-refractivity contribution in [3.8, 4) is 33.8 Å². The van der Waals surface area contributed by atoms with Crippen LogP contribution in [0.5, 0.6) is 11.5 Å². The van der Waals surface area contributed by atoms with Crippen molar-refractivity contribution in [2.45, 2.75) is 41.0 Å². The van der Waals surface area contributed by atoms with E-state index in [1.165, 1.54) is 29.4 Å². The van der Waals surface area contributed by atoms with Crippen LogP contribution in [0.15, 0.2) is 36.4 Å². The summed E-state index contributed by atoms with van der Waals surface area (Å²) in [6.07, 6.45) is 0.124. The molecule has 0 amide bonds. The summed E-state index contributed by atoms with van der Waals surface area (Å²) in [5.41, 5.74) is 11.0. The van der Waals surface area contributed by atoms with Crippen molar-refractivity contribution in [3.63, 3.8) is 0 Å². The van der Waals surface area contributed by atoms with Crippen LogP contribution in [-0.4, -0.2) is 26.3 Å². The largest absolute Gasteiger partial charge is 0.486 e. The van der Waals surface area contributed by atoms with E-state index in [-0.39, 0.29) is 12.4 Å². The maximum absolute atomic E-state index is 12.4. The number of methoxy groups -OCH3 is 1. The molecule has 0 N–H and O–H groups in total. The molecule has 0 fully saturated rings. The number of carbonyl (C=O) groups excluding carboxylic acids is 1. The maximum atomic E-state index is 12.4. The molecule has 0 bridgehead atoms. The lowest BCUT2D eigenvalue weighted by molar-refractivity contribution is -0.139. The van der Waals surface area contributed by atoms with Crippen molar-refractivity contribution in [2.75, 3.05) is 20.3 Å². The Kier molecular flexibility index (Phi) is 5.96. The number of hydrogen-bond donors (Lipinski definition) is 0. The molecule has 0 spiro atoms. The van der Waals surface area contributed by atoms with Gasteiger partial charge < -0.3 is 14.2 Å². The van der Waals surface area contributed by atoms with E-state index < -0.39 is 0 Å². The predicted molar refractivity (Wildman–Crippen MR) is 128 cm³/mol. The van der Waals surface area contributed by atoms with Crippen LogP contribution in [0, 0.1) is 34.6 Å². The van der Waals surface area contributed by atoms with Crippen LogP contribution in [-0.2, 0) is 16.0 Å². The summed E-state index contributed by atoms with van der Waals surface area (Å²) in [4.78, 5) is 12.4. The third kappa shape index (κ3) is 3.86. The Bertz CT molecular complexity index is 1210. The van der Waals surface area contributed by atoms with Gasteiger partial charge in [0.05, 0.1) is 13.5 Å². The minimum absolute atomic E-state index is 0.124. The van der Waals surface area contributed by atoms with E-state index in [4.69, 9.17) is 14.2 Å². The van der Waals surface area contributed by atoms with Crippen LogP contribution in [0.25, 0.3) is 22.3 Å². The van der Waals surface area contributed by atoms with Gasteiger partial charge in [0.15, 0.2) is 11.5 Å². The lowest BCUT2D eigenvalue weighted by atomic mass is 9.85. The van der Waals surface area contributed by atoms with Crippen molar-refractivity contribution >= 4 is 5.97 Å². The fourth-order valence-electron chi connectivity index (χ4n) is 4.38. The SMILES string of the molecule is COC(=O)Cc1c2c(c(-c3ccc(C)c(C)c3)c(C)c1-c1ccc(C)c(C)c1)OCCO2. The number of carbonyl (C=O) groups is 1. The Morgan fingerprint density at radius 2 is 1.31 bits per heavy atom. The molecule has 0 radical (unpaired) electrons.